The van der Waals surface area contributed by atoms with E-state index in [0.717, 1.165) is 11.8 Å². The second-order valence-electron chi connectivity index (χ2n) is 3.05. The standard InChI is InChI=1S/C7H12N4O2S/c1-4(2)6-9-10-7(11(6)8)14-3-5(12)13/h4H,3,8H2,1-2H3,(H,12,13). The van der Waals surface area contributed by atoms with Crippen LogP contribution in [-0.2, 0) is 4.79 Å². The fourth-order valence-electron chi connectivity index (χ4n) is 0.907. The van der Waals surface area contributed by atoms with Crippen molar-refractivity contribution >= 4 is 17.7 Å². The summed E-state index contributed by atoms with van der Waals surface area (Å²) in [6.07, 6.45) is 0. The third-order valence-corrected chi connectivity index (χ3v) is 2.46. The van der Waals surface area contributed by atoms with Gasteiger partial charge >= 0.3 is 5.97 Å². The van der Waals surface area contributed by atoms with Crippen LogP contribution in [0.15, 0.2) is 5.16 Å². The fourth-order valence-corrected chi connectivity index (χ4v) is 1.49. The summed E-state index contributed by atoms with van der Waals surface area (Å²) in [5, 5.41) is 16.6. The van der Waals surface area contributed by atoms with Crippen LogP contribution >= 0.6 is 11.8 Å². The van der Waals surface area contributed by atoms with E-state index in [2.05, 4.69) is 10.2 Å². The van der Waals surface area contributed by atoms with Crippen LogP contribution in [0, 0.1) is 0 Å². The number of nitrogens with two attached hydrogens (primary N) is 1. The highest BCUT2D eigenvalue weighted by molar-refractivity contribution is 7.99. The van der Waals surface area contributed by atoms with Crippen LogP contribution in [0.4, 0.5) is 0 Å². The lowest BCUT2D eigenvalue weighted by Crippen LogP contribution is -2.15. The van der Waals surface area contributed by atoms with Crippen LogP contribution < -0.4 is 5.84 Å². The van der Waals surface area contributed by atoms with E-state index in [1.807, 2.05) is 13.8 Å². The number of hydrogen-bond acceptors (Lipinski definition) is 5. The number of carboxylic acid groups (broad SMARTS) is 1. The van der Waals surface area contributed by atoms with E-state index >= 15 is 0 Å². The van der Waals surface area contributed by atoms with E-state index in [1.54, 1.807) is 0 Å². The van der Waals surface area contributed by atoms with Gasteiger partial charge in [0.25, 0.3) is 0 Å². The second kappa shape index (κ2) is 4.32. The van der Waals surface area contributed by atoms with Gasteiger partial charge in [-0.2, -0.15) is 0 Å². The average molecular weight is 216 g/mol. The predicted octanol–water partition coefficient (Wildman–Crippen LogP) is 0.292. The molecule has 0 fully saturated rings. The van der Waals surface area contributed by atoms with Gasteiger partial charge in [0.15, 0.2) is 5.82 Å². The Morgan fingerprint density at radius 2 is 2.29 bits per heavy atom. The molecule has 0 aliphatic rings. The fraction of sp³-hybridized carbons (Fsp3) is 0.571. The number of nitrogen functional groups attached to an aromatic ring is 1. The molecule has 0 amide bonds. The zero-order chi connectivity index (χ0) is 10.7. The van der Waals surface area contributed by atoms with Gasteiger partial charge in [-0.1, -0.05) is 25.6 Å². The number of thioether (sulfide) groups is 1. The van der Waals surface area contributed by atoms with E-state index in [9.17, 15) is 4.79 Å². The Labute approximate surface area is 85.5 Å². The molecule has 0 saturated heterocycles. The number of aliphatic carboxylic acids is 1. The second-order valence-corrected chi connectivity index (χ2v) is 3.99. The first kappa shape index (κ1) is 10.8. The maximum absolute atomic E-state index is 10.3. The Kier molecular flexibility index (Phi) is 3.34. The molecule has 1 rings (SSSR count). The van der Waals surface area contributed by atoms with Crippen LogP contribution in [0.2, 0.25) is 0 Å². The monoisotopic (exact) mass is 216 g/mol. The third kappa shape index (κ3) is 2.38. The number of nitrogens with zero attached hydrogens (tertiary/aromatic N) is 3. The van der Waals surface area contributed by atoms with Crippen molar-refractivity contribution in [2.75, 3.05) is 11.6 Å². The Morgan fingerprint density at radius 1 is 1.64 bits per heavy atom. The maximum Gasteiger partial charge on any atom is 0.313 e. The van der Waals surface area contributed by atoms with Gasteiger partial charge in [0.1, 0.15) is 0 Å². The quantitative estimate of drug-likeness (QED) is 0.555. The first-order chi connectivity index (χ1) is 6.52. The number of hydrogen-bond donors (Lipinski definition) is 2. The van der Waals surface area contributed by atoms with Crippen LogP contribution in [0.3, 0.4) is 0 Å². The van der Waals surface area contributed by atoms with Gasteiger partial charge in [-0.25, -0.2) is 4.68 Å². The molecule has 0 aliphatic heterocycles. The molecule has 0 atom stereocenters. The van der Waals surface area contributed by atoms with Crippen molar-refractivity contribution in [2.45, 2.75) is 24.9 Å². The highest BCUT2D eigenvalue weighted by atomic mass is 32.2. The molecule has 7 heteroatoms. The van der Waals surface area contributed by atoms with Crippen molar-refractivity contribution < 1.29 is 9.90 Å². The zero-order valence-corrected chi connectivity index (χ0v) is 8.78. The zero-order valence-electron chi connectivity index (χ0n) is 7.97. The summed E-state index contributed by atoms with van der Waals surface area (Å²) in [4.78, 5) is 10.3. The van der Waals surface area contributed by atoms with E-state index in [4.69, 9.17) is 10.9 Å². The summed E-state index contributed by atoms with van der Waals surface area (Å²) in [5.41, 5.74) is 0. The lowest BCUT2D eigenvalue weighted by Gasteiger charge is -2.04. The maximum atomic E-state index is 10.3. The van der Waals surface area contributed by atoms with Crippen molar-refractivity contribution in [1.29, 1.82) is 0 Å². The predicted molar refractivity (Wildman–Crippen MR) is 52.6 cm³/mol. The summed E-state index contributed by atoms with van der Waals surface area (Å²) in [6, 6.07) is 0. The molecule has 14 heavy (non-hydrogen) atoms. The molecule has 0 aliphatic carbocycles. The Hall–Kier alpha value is -1.24. The highest BCUT2D eigenvalue weighted by Crippen LogP contribution is 2.17. The summed E-state index contributed by atoms with van der Waals surface area (Å²) in [7, 11) is 0. The Balaban J connectivity index is 2.74. The molecule has 1 heterocycles. The number of rotatable bonds is 4. The van der Waals surface area contributed by atoms with Gasteiger partial charge in [-0.3, -0.25) is 4.79 Å². The molecular weight excluding hydrogens is 204 g/mol. The first-order valence-electron chi connectivity index (χ1n) is 4.07. The Morgan fingerprint density at radius 3 is 2.71 bits per heavy atom. The minimum absolute atomic E-state index is 0.0621. The molecule has 1 aromatic rings. The van der Waals surface area contributed by atoms with Crippen molar-refractivity contribution in [3.63, 3.8) is 0 Å². The molecule has 0 aromatic carbocycles. The largest absolute Gasteiger partial charge is 0.481 e. The molecule has 0 unspecified atom stereocenters. The molecule has 78 valence electrons. The van der Waals surface area contributed by atoms with Gasteiger partial charge < -0.3 is 10.9 Å². The van der Waals surface area contributed by atoms with Crippen LogP contribution in [0.1, 0.15) is 25.6 Å². The number of carboxylic acids is 1. The first-order valence-corrected chi connectivity index (χ1v) is 5.06. The minimum atomic E-state index is -0.899. The summed E-state index contributed by atoms with van der Waals surface area (Å²) >= 11 is 1.06. The molecule has 6 nitrogen and oxygen atoms in total. The average Bonchev–Trinajstić information content (AvgIpc) is 2.43. The smallest absolute Gasteiger partial charge is 0.313 e. The van der Waals surface area contributed by atoms with Gasteiger partial charge in [0.2, 0.25) is 5.16 Å². The van der Waals surface area contributed by atoms with Crippen molar-refractivity contribution in [3.05, 3.63) is 5.82 Å². The topological polar surface area (TPSA) is 94.0 Å². The SMILES string of the molecule is CC(C)c1nnc(SCC(=O)O)n1N. The van der Waals surface area contributed by atoms with Gasteiger partial charge in [-0.05, 0) is 0 Å². The van der Waals surface area contributed by atoms with Crippen molar-refractivity contribution in [3.8, 4) is 0 Å². The van der Waals surface area contributed by atoms with Crippen LogP contribution in [-0.4, -0.2) is 31.7 Å². The van der Waals surface area contributed by atoms with E-state index in [-0.39, 0.29) is 11.7 Å². The lowest BCUT2D eigenvalue weighted by molar-refractivity contribution is -0.133. The molecular formula is C7H12N4O2S. The highest BCUT2D eigenvalue weighted by Gasteiger charge is 2.13. The molecule has 0 saturated carbocycles. The molecule has 1 aromatic heterocycles. The van der Waals surface area contributed by atoms with Crippen LogP contribution in [0.5, 0.6) is 0 Å². The van der Waals surface area contributed by atoms with E-state index in [1.165, 1.54) is 4.68 Å². The normalized spacial score (nSPS) is 10.8. The molecule has 0 bridgehead atoms. The van der Waals surface area contributed by atoms with E-state index in [0.29, 0.717) is 11.0 Å². The van der Waals surface area contributed by atoms with Crippen molar-refractivity contribution in [1.82, 2.24) is 14.9 Å². The van der Waals surface area contributed by atoms with Gasteiger partial charge in [0.05, 0.1) is 5.75 Å². The number of carbonyl (C=O) groups is 1. The van der Waals surface area contributed by atoms with E-state index < -0.39 is 5.97 Å². The minimum Gasteiger partial charge on any atom is -0.481 e. The lowest BCUT2D eigenvalue weighted by atomic mass is 10.2. The molecule has 3 N–H and O–H groups in total. The van der Waals surface area contributed by atoms with Gasteiger partial charge in [0, 0.05) is 5.92 Å². The third-order valence-electron chi connectivity index (χ3n) is 1.53. The molecule has 0 radical (unpaired) electrons. The van der Waals surface area contributed by atoms with Gasteiger partial charge in [-0.15, -0.1) is 10.2 Å². The summed E-state index contributed by atoms with van der Waals surface area (Å²) in [5.74, 6) is 5.53. The van der Waals surface area contributed by atoms with Crippen LogP contribution in [0.25, 0.3) is 0 Å². The molecule has 0 spiro atoms. The Bertz CT molecular complexity index is 336. The van der Waals surface area contributed by atoms with Crippen molar-refractivity contribution in [2.24, 2.45) is 0 Å². The number of aromatic nitrogens is 3. The summed E-state index contributed by atoms with van der Waals surface area (Å²) < 4.78 is 1.33. The summed E-state index contributed by atoms with van der Waals surface area (Å²) in [6.45, 7) is 3.89.